The van der Waals surface area contributed by atoms with E-state index in [0.717, 1.165) is 60.1 Å². The van der Waals surface area contributed by atoms with Crippen LogP contribution in [0.3, 0.4) is 0 Å². The summed E-state index contributed by atoms with van der Waals surface area (Å²) in [6.07, 6.45) is 8.22. The minimum absolute atomic E-state index is 0.503. The monoisotopic (exact) mass is 304 g/mol. The van der Waals surface area contributed by atoms with Crippen molar-refractivity contribution in [3.8, 4) is 11.1 Å². The van der Waals surface area contributed by atoms with Crippen LogP contribution in [0.15, 0.2) is 42.9 Å². The summed E-state index contributed by atoms with van der Waals surface area (Å²) in [5.41, 5.74) is 5.21. The Labute approximate surface area is 134 Å². The Kier molecular flexibility index (Phi) is 3.46. The minimum atomic E-state index is 0.503. The van der Waals surface area contributed by atoms with Crippen LogP contribution in [0, 0.1) is 0 Å². The summed E-state index contributed by atoms with van der Waals surface area (Å²) >= 11 is 0. The average Bonchev–Trinajstić information content (AvgIpc) is 3.15. The molecule has 0 spiro atoms. The molecule has 2 aromatic heterocycles. The van der Waals surface area contributed by atoms with Crippen molar-refractivity contribution in [1.82, 2.24) is 15.0 Å². The number of nitrogens with zero attached hydrogens (tertiary/aromatic N) is 4. The zero-order chi connectivity index (χ0) is 15.6. The standard InChI is InChI=1S/C18H16N4O/c23-12-17-18(22-9-1-2-10-22)14(5-6-19-17)13-3-4-15-16(11-13)21-8-7-20-15/h3-8,11-12H,1-2,9-10H2. The van der Waals surface area contributed by atoms with Crippen molar-refractivity contribution in [2.45, 2.75) is 12.8 Å². The highest BCUT2D eigenvalue weighted by molar-refractivity contribution is 5.93. The van der Waals surface area contributed by atoms with Crippen molar-refractivity contribution < 1.29 is 4.79 Å². The van der Waals surface area contributed by atoms with Crippen LogP contribution < -0.4 is 4.90 Å². The van der Waals surface area contributed by atoms with Gasteiger partial charge in [-0.15, -0.1) is 0 Å². The van der Waals surface area contributed by atoms with Gasteiger partial charge in [0, 0.05) is 37.2 Å². The lowest BCUT2D eigenvalue weighted by molar-refractivity contribution is 0.111. The van der Waals surface area contributed by atoms with Gasteiger partial charge in [0.15, 0.2) is 6.29 Å². The van der Waals surface area contributed by atoms with Gasteiger partial charge in [-0.2, -0.15) is 0 Å². The van der Waals surface area contributed by atoms with Crippen LogP contribution in [-0.2, 0) is 0 Å². The van der Waals surface area contributed by atoms with Crippen molar-refractivity contribution in [2.75, 3.05) is 18.0 Å². The van der Waals surface area contributed by atoms with Crippen LogP contribution in [0.2, 0.25) is 0 Å². The first-order valence-corrected chi connectivity index (χ1v) is 7.77. The second kappa shape index (κ2) is 5.76. The molecule has 0 N–H and O–H groups in total. The summed E-state index contributed by atoms with van der Waals surface area (Å²) in [7, 11) is 0. The van der Waals surface area contributed by atoms with E-state index in [-0.39, 0.29) is 0 Å². The predicted octanol–water partition coefficient (Wildman–Crippen LogP) is 3.10. The van der Waals surface area contributed by atoms with Crippen molar-refractivity contribution in [3.63, 3.8) is 0 Å². The van der Waals surface area contributed by atoms with Crippen molar-refractivity contribution in [2.24, 2.45) is 0 Å². The molecule has 3 aromatic rings. The first-order chi connectivity index (χ1) is 11.4. The van der Waals surface area contributed by atoms with Gasteiger partial charge in [0.1, 0.15) is 5.69 Å². The number of benzene rings is 1. The largest absolute Gasteiger partial charge is 0.369 e. The fourth-order valence-electron chi connectivity index (χ4n) is 3.19. The zero-order valence-corrected chi connectivity index (χ0v) is 12.6. The summed E-state index contributed by atoms with van der Waals surface area (Å²) < 4.78 is 0. The van der Waals surface area contributed by atoms with Gasteiger partial charge >= 0.3 is 0 Å². The molecule has 5 heteroatoms. The summed E-state index contributed by atoms with van der Waals surface area (Å²) in [6, 6.07) is 7.98. The molecule has 0 atom stereocenters. The molecule has 1 fully saturated rings. The molecule has 1 aliphatic heterocycles. The van der Waals surface area contributed by atoms with E-state index in [4.69, 9.17) is 0 Å². The van der Waals surface area contributed by atoms with E-state index in [1.54, 1.807) is 18.6 Å². The first kappa shape index (κ1) is 13.8. The molecular formula is C18H16N4O. The van der Waals surface area contributed by atoms with Crippen molar-refractivity contribution in [3.05, 3.63) is 48.5 Å². The predicted molar refractivity (Wildman–Crippen MR) is 89.6 cm³/mol. The van der Waals surface area contributed by atoms with Crippen LogP contribution in [0.25, 0.3) is 22.2 Å². The number of fused-ring (bicyclic) bond motifs is 1. The molecule has 0 saturated carbocycles. The van der Waals surface area contributed by atoms with E-state index in [9.17, 15) is 4.79 Å². The van der Waals surface area contributed by atoms with Gasteiger partial charge in [0.05, 0.1) is 16.7 Å². The lowest BCUT2D eigenvalue weighted by Crippen LogP contribution is -2.20. The fraction of sp³-hybridized carbons (Fsp3) is 0.222. The summed E-state index contributed by atoms with van der Waals surface area (Å²) in [4.78, 5) is 26.7. The molecule has 0 bridgehead atoms. The number of hydrogen-bond acceptors (Lipinski definition) is 5. The normalized spacial score (nSPS) is 14.3. The highest BCUT2D eigenvalue weighted by atomic mass is 16.1. The summed E-state index contributed by atoms with van der Waals surface area (Å²) in [6.45, 7) is 1.93. The van der Waals surface area contributed by atoms with Gasteiger partial charge in [-0.1, -0.05) is 6.07 Å². The van der Waals surface area contributed by atoms with E-state index >= 15 is 0 Å². The molecule has 1 saturated heterocycles. The quantitative estimate of drug-likeness (QED) is 0.696. The average molecular weight is 304 g/mol. The smallest absolute Gasteiger partial charge is 0.170 e. The Bertz CT molecular complexity index is 872. The van der Waals surface area contributed by atoms with Crippen LogP contribution >= 0.6 is 0 Å². The summed E-state index contributed by atoms with van der Waals surface area (Å²) in [5.74, 6) is 0. The van der Waals surface area contributed by atoms with Crippen LogP contribution in [0.4, 0.5) is 5.69 Å². The Morgan fingerprint density at radius 3 is 2.48 bits per heavy atom. The first-order valence-electron chi connectivity index (χ1n) is 7.77. The molecular weight excluding hydrogens is 288 g/mol. The van der Waals surface area contributed by atoms with Crippen LogP contribution in [0.1, 0.15) is 23.3 Å². The third-order valence-corrected chi connectivity index (χ3v) is 4.27. The lowest BCUT2D eigenvalue weighted by Gasteiger charge is -2.22. The Balaban J connectivity index is 1.91. The molecule has 5 nitrogen and oxygen atoms in total. The van der Waals surface area contributed by atoms with Crippen LogP contribution in [0.5, 0.6) is 0 Å². The van der Waals surface area contributed by atoms with E-state index < -0.39 is 0 Å². The van der Waals surface area contributed by atoms with Crippen molar-refractivity contribution >= 4 is 23.0 Å². The Morgan fingerprint density at radius 2 is 1.70 bits per heavy atom. The van der Waals surface area contributed by atoms with E-state index in [1.807, 2.05) is 24.3 Å². The Hall–Kier alpha value is -2.82. The molecule has 0 radical (unpaired) electrons. The third kappa shape index (κ3) is 2.44. The topological polar surface area (TPSA) is 59.0 Å². The number of carbonyl (C=O) groups is 1. The van der Waals surface area contributed by atoms with E-state index in [0.29, 0.717) is 5.69 Å². The number of anilines is 1. The maximum Gasteiger partial charge on any atom is 0.170 e. The van der Waals surface area contributed by atoms with Gasteiger partial charge in [-0.3, -0.25) is 19.7 Å². The number of carbonyl (C=O) groups excluding carboxylic acids is 1. The second-order valence-electron chi connectivity index (χ2n) is 5.66. The van der Waals surface area contributed by atoms with Crippen molar-refractivity contribution in [1.29, 1.82) is 0 Å². The zero-order valence-electron chi connectivity index (χ0n) is 12.6. The number of rotatable bonds is 3. The maximum atomic E-state index is 11.5. The van der Waals surface area contributed by atoms with Gasteiger partial charge in [0.25, 0.3) is 0 Å². The molecule has 4 rings (SSSR count). The molecule has 1 aromatic carbocycles. The number of hydrogen-bond donors (Lipinski definition) is 0. The second-order valence-corrected chi connectivity index (χ2v) is 5.66. The molecule has 1 aliphatic rings. The SMILES string of the molecule is O=Cc1nccc(-c2ccc3nccnc3c2)c1N1CCCC1. The van der Waals surface area contributed by atoms with E-state index in [1.165, 1.54) is 0 Å². The molecule has 3 heterocycles. The highest BCUT2D eigenvalue weighted by Crippen LogP contribution is 2.35. The molecule has 0 aliphatic carbocycles. The van der Waals surface area contributed by atoms with Gasteiger partial charge < -0.3 is 4.90 Å². The minimum Gasteiger partial charge on any atom is -0.369 e. The number of pyridine rings is 1. The highest BCUT2D eigenvalue weighted by Gasteiger charge is 2.21. The third-order valence-electron chi connectivity index (χ3n) is 4.27. The number of aromatic nitrogens is 3. The van der Waals surface area contributed by atoms with E-state index in [2.05, 4.69) is 19.9 Å². The number of aldehydes is 1. The fourth-order valence-corrected chi connectivity index (χ4v) is 3.19. The van der Waals surface area contributed by atoms with Gasteiger partial charge in [-0.25, -0.2) is 0 Å². The van der Waals surface area contributed by atoms with Crippen LogP contribution in [-0.4, -0.2) is 34.3 Å². The maximum absolute atomic E-state index is 11.5. The van der Waals surface area contributed by atoms with Gasteiger partial charge in [-0.05, 0) is 36.6 Å². The summed E-state index contributed by atoms with van der Waals surface area (Å²) in [5, 5.41) is 0. The molecule has 114 valence electrons. The molecule has 0 amide bonds. The lowest BCUT2D eigenvalue weighted by atomic mass is 10.0. The van der Waals surface area contributed by atoms with Gasteiger partial charge in [0.2, 0.25) is 0 Å². The Morgan fingerprint density at radius 1 is 0.913 bits per heavy atom. The molecule has 23 heavy (non-hydrogen) atoms. The molecule has 0 unspecified atom stereocenters.